The van der Waals surface area contributed by atoms with Gasteiger partial charge in [-0.3, -0.25) is 9.89 Å². The van der Waals surface area contributed by atoms with Gasteiger partial charge >= 0.3 is 6.18 Å². The number of hydrogen-bond donors (Lipinski definition) is 2. The summed E-state index contributed by atoms with van der Waals surface area (Å²) in [5, 5.41) is 9.03. The quantitative estimate of drug-likeness (QED) is 0.779. The van der Waals surface area contributed by atoms with Crippen molar-refractivity contribution in [3.63, 3.8) is 0 Å². The van der Waals surface area contributed by atoms with Crippen molar-refractivity contribution in [2.75, 3.05) is 18.4 Å². The summed E-state index contributed by atoms with van der Waals surface area (Å²) in [5.41, 5.74) is -0.0866. The topological polar surface area (TPSA) is 95.2 Å². The molecule has 3 rings (SSSR count). The molecule has 1 aliphatic heterocycles. The van der Waals surface area contributed by atoms with Crippen LogP contribution in [-0.2, 0) is 21.0 Å². The summed E-state index contributed by atoms with van der Waals surface area (Å²) in [7, 11) is -3.83. The summed E-state index contributed by atoms with van der Waals surface area (Å²) in [6, 6.07) is 4.34. The molecule has 1 unspecified atom stereocenters. The largest absolute Gasteiger partial charge is 0.416 e. The molecule has 7 nitrogen and oxygen atoms in total. The summed E-state index contributed by atoms with van der Waals surface area (Å²) in [6.07, 6.45) is -3.60. The molecule has 0 bridgehead atoms. The van der Waals surface area contributed by atoms with E-state index in [0.29, 0.717) is 24.2 Å². The molecule has 2 heterocycles. The van der Waals surface area contributed by atoms with E-state index in [1.165, 1.54) is 16.4 Å². The van der Waals surface area contributed by atoms with Gasteiger partial charge in [-0.25, -0.2) is 8.42 Å². The molecular weight excluding hydrogens is 409 g/mol. The monoisotopic (exact) mass is 430 g/mol. The van der Waals surface area contributed by atoms with Crippen molar-refractivity contribution < 1.29 is 26.4 Å². The van der Waals surface area contributed by atoms with Gasteiger partial charge in [0.05, 0.1) is 22.9 Å². The second-order valence-corrected chi connectivity index (χ2v) is 8.91. The van der Waals surface area contributed by atoms with Crippen molar-refractivity contribution in [1.82, 2.24) is 14.5 Å². The van der Waals surface area contributed by atoms with Gasteiger partial charge in [0.25, 0.3) is 0 Å². The number of aromatic nitrogens is 2. The summed E-state index contributed by atoms with van der Waals surface area (Å²) in [4.78, 5) is 12.7. The van der Waals surface area contributed by atoms with Crippen LogP contribution in [-0.4, -0.2) is 41.9 Å². The van der Waals surface area contributed by atoms with E-state index >= 15 is 0 Å². The van der Waals surface area contributed by atoms with Crippen molar-refractivity contribution in [3.05, 3.63) is 41.2 Å². The van der Waals surface area contributed by atoms with Gasteiger partial charge in [0.15, 0.2) is 0 Å². The highest BCUT2D eigenvalue weighted by atomic mass is 32.2. The fourth-order valence-electron chi connectivity index (χ4n) is 3.44. The molecule has 2 N–H and O–H groups in total. The van der Waals surface area contributed by atoms with Gasteiger partial charge in [0.2, 0.25) is 15.9 Å². The van der Waals surface area contributed by atoms with Crippen LogP contribution in [0.15, 0.2) is 29.2 Å². The van der Waals surface area contributed by atoms with Crippen molar-refractivity contribution in [3.8, 4) is 0 Å². The van der Waals surface area contributed by atoms with E-state index < -0.39 is 33.6 Å². The number of sulfonamides is 1. The van der Waals surface area contributed by atoms with E-state index in [9.17, 15) is 26.4 Å². The minimum absolute atomic E-state index is 0.0197. The lowest BCUT2D eigenvalue weighted by Gasteiger charge is -2.31. The number of hydrogen-bond acceptors (Lipinski definition) is 4. The molecule has 0 saturated carbocycles. The maximum atomic E-state index is 13.0. The fraction of sp³-hybridized carbons (Fsp3) is 0.444. The van der Waals surface area contributed by atoms with Crippen LogP contribution in [0.3, 0.4) is 0 Å². The summed E-state index contributed by atoms with van der Waals surface area (Å²) in [6.45, 7) is 3.41. The molecule has 1 atom stereocenters. The molecule has 0 aliphatic carbocycles. The predicted molar refractivity (Wildman–Crippen MR) is 99.6 cm³/mol. The second-order valence-electron chi connectivity index (χ2n) is 7.03. The van der Waals surface area contributed by atoms with Crippen molar-refractivity contribution in [2.24, 2.45) is 5.92 Å². The number of nitrogens with zero attached hydrogens (tertiary/aromatic N) is 2. The van der Waals surface area contributed by atoms with Gasteiger partial charge in [-0.15, -0.1) is 0 Å². The number of rotatable bonds is 4. The Hall–Kier alpha value is -2.40. The lowest BCUT2D eigenvalue weighted by Crippen LogP contribution is -2.43. The van der Waals surface area contributed by atoms with Crippen LogP contribution >= 0.6 is 0 Å². The first-order chi connectivity index (χ1) is 13.5. The van der Waals surface area contributed by atoms with Crippen LogP contribution in [0.2, 0.25) is 0 Å². The Bertz CT molecular complexity index is 998. The molecule has 1 amide bonds. The molecule has 1 aromatic heterocycles. The number of anilines is 1. The molecule has 158 valence electrons. The molecule has 0 spiro atoms. The third-order valence-corrected chi connectivity index (χ3v) is 7.00. The zero-order valence-electron chi connectivity index (χ0n) is 15.9. The van der Waals surface area contributed by atoms with Crippen LogP contribution in [0.25, 0.3) is 0 Å². The highest BCUT2D eigenvalue weighted by Crippen LogP contribution is 2.31. The maximum Gasteiger partial charge on any atom is 0.416 e. The number of carbonyl (C=O) groups excluding carboxylic acids is 1. The van der Waals surface area contributed by atoms with Gasteiger partial charge in [0.1, 0.15) is 4.90 Å². The molecule has 1 aromatic carbocycles. The summed E-state index contributed by atoms with van der Waals surface area (Å²) in [5.74, 6) is -1.18. The zero-order valence-corrected chi connectivity index (χ0v) is 16.7. The SMILES string of the molecule is Cc1n[nH]c(C)c1S(=O)(=O)N1CCCC(C(=O)Nc2cccc(C(F)(F)F)c2)C1. The number of aryl methyl sites for hydroxylation is 2. The number of H-pyrrole nitrogens is 1. The summed E-state index contributed by atoms with van der Waals surface area (Å²) >= 11 is 0. The van der Waals surface area contributed by atoms with E-state index in [1.807, 2.05) is 0 Å². The molecule has 29 heavy (non-hydrogen) atoms. The minimum atomic E-state index is -4.52. The van der Waals surface area contributed by atoms with Crippen molar-refractivity contribution in [2.45, 2.75) is 37.8 Å². The standard InChI is InChI=1S/C18H21F3N4O3S/c1-11-16(12(2)24-23-11)29(27,28)25-8-4-5-13(10-25)17(26)22-15-7-3-6-14(9-15)18(19,20)21/h3,6-7,9,13H,4-5,8,10H2,1-2H3,(H,22,26)(H,23,24). The zero-order chi connectivity index (χ0) is 21.4. The Kier molecular flexibility index (Phi) is 5.72. The first-order valence-corrected chi connectivity index (χ1v) is 10.4. The predicted octanol–water partition coefficient (Wildman–Crippen LogP) is 3.08. The van der Waals surface area contributed by atoms with Crippen LogP contribution < -0.4 is 5.32 Å². The van der Waals surface area contributed by atoms with Gasteiger partial charge in [-0.1, -0.05) is 6.07 Å². The highest BCUT2D eigenvalue weighted by Gasteiger charge is 2.36. The van der Waals surface area contributed by atoms with E-state index in [0.717, 1.165) is 12.1 Å². The Morgan fingerprint density at radius 1 is 1.31 bits per heavy atom. The average molecular weight is 430 g/mol. The number of benzene rings is 1. The number of alkyl halides is 3. The van der Waals surface area contributed by atoms with Crippen molar-refractivity contribution >= 4 is 21.6 Å². The first kappa shape index (κ1) is 21.3. The van der Waals surface area contributed by atoms with E-state index in [4.69, 9.17) is 0 Å². The molecular formula is C18H21F3N4O3S. The van der Waals surface area contributed by atoms with Crippen LogP contribution in [0.1, 0.15) is 29.8 Å². The Labute approximate surface area is 166 Å². The number of halogens is 3. The van der Waals surface area contributed by atoms with Gasteiger partial charge < -0.3 is 5.32 Å². The van der Waals surface area contributed by atoms with Gasteiger partial charge in [-0.2, -0.15) is 22.6 Å². The molecule has 1 fully saturated rings. The van der Waals surface area contributed by atoms with E-state index in [-0.39, 0.29) is 23.7 Å². The average Bonchev–Trinajstić information content (AvgIpc) is 3.00. The fourth-order valence-corrected chi connectivity index (χ4v) is 5.30. The normalized spacial score (nSPS) is 18.6. The van der Waals surface area contributed by atoms with Gasteiger partial charge in [-0.05, 0) is 44.9 Å². The third kappa shape index (κ3) is 4.45. The molecule has 11 heteroatoms. The van der Waals surface area contributed by atoms with E-state index in [1.54, 1.807) is 13.8 Å². The highest BCUT2D eigenvalue weighted by molar-refractivity contribution is 7.89. The molecule has 2 aromatic rings. The van der Waals surface area contributed by atoms with Crippen LogP contribution in [0.4, 0.5) is 18.9 Å². The number of carbonyl (C=O) groups is 1. The second kappa shape index (κ2) is 7.79. The Morgan fingerprint density at radius 2 is 2.03 bits per heavy atom. The maximum absolute atomic E-state index is 13.0. The molecule has 0 radical (unpaired) electrons. The number of piperidine rings is 1. The number of nitrogens with one attached hydrogen (secondary N) is 2. The lowest BCUT2D eigenvalue weighted by atomic mass is 9.98. The number of aromatic amines is 1. The third-order valence-electron chi connectivity index (χ3n) is 4.87. The van der Waals surface area contributed by atoms with Crippen LogP contribution in [0, 0.1) is 19.8 Å². The van der Waals surface area contributed by atoms with Gasteiger partial charge in [0, 0.05) is 18.8 Å². The smallest absolute Gasteiger partial charge is 0.326 e. The number of amides is 1. The Balaban J connectivity index is 1.75. The first-order valence-electron chi connectivity index (χ1n) is 9.00. The summed E-state index contributed by atoms with van der Waals surface area (Å²) < 4.78 is 65.7. The lowest BCUT2D eigenvalue weighted by molar-refractivity contribution is -0.137. The minimum Gasteiger partial charge on any atom is -0.326 e. The molecule has 1 saturated heterocycles. The van der Waals surface area contributed by atoms with E-state index in [2.05, 4.69) is 15.5 Å². The van der Waals surface area contributed by atoms with Crippen molar-refractivity contribution in [1.29, 1.82) is 0 Å². The van der Waals surface area contributed by atoms with Crippen LogP contribution in [0.5, 0.6) is 0 Å². The molecule has 1 aliphatic rings. The Morgan fingerprint density at radius 3 is 2.66 bits per heavy atom.